The van der Waals surface area contributed by atoms with Gasteiger partial charge < -0.3 is 10.4 Å². The van der Waals surface area contributed by atoms with E-state index in [9.17, 15) is 22.9 Å². The maximum absolute atomic E-state index is 12.4. The fourth-order valence-corrected chi connectivity index (χ4v) is 5.86. The first-order valence-electron chi connectivity index (χ1n) is 16.2. The molecule has 3 N–H and O–H groups in total. The van der Waals surface area contributed by atoms with Gasteiger partial charge in [-0.25, -0.2) is 0 Å². The molecule has 7 heteroatoms. The Bertz CT molecular complexity index is 626. The summed E-state index contributed by atoms with van der Waals surface area (Å²) in [5.41, 5.74) is 0. The maximum Gasteiger partial charge on any atom is 0.266 e. The number of hydrogen-bond donors (Lipinski definition) is 3. The minimum Gasteiger partial charge on any atom is -0.391 e. The highest BCUT2D eigenvalue weighted by Crippen LogP contribution is 2.15. The van der Waals surface area contributed by atoms with E-state index in [2.05, 4.69) is 19.2 Å². The zero-order chi connectivity index (χ0) is 28.3. The van der Waals surface area contributed by atoms with Crippen molar-refractivity contribution in [1.29, 1.82) is 0 Å². The first kappa shape index (κ1) is 37.3. The molecule has 0 fully saturated rings. The minimum atomic E-state index is -4.29. The van der Waals surface area contributed by atoms with E-state index < -0.39 is 28.0 Å². The topological polar surface area (TPSA) is 104 Å². The van der Waals surface area contributed by atoms with Crippen molar-refractivity contribution < 1.29 is 22.9 Å². The highest BCUT2D eigenvalue weighted by Gasteiger charge is 2.26. The number of aliphatic hydroxyl groups is 1. The molecule has 0 saturated carbocycles. The maximum atomic E-state index is 12.4. The van der Waals surface area contributed by atoms with Crippen LogP contribution in [-0.4, -0.2) is 41.9 Å². The van der Waals surface area contributed by atoms with Crippen LogP contribution < -0.4 is 5.32 Å². The van der Waals surface area contributed by atoms with Crippen LogP contribution in [0.4, 0.5) is 0 Å². The molecule has 228 valence electrons. The molecule has 0 aliphatic heterocycles. The van der Waals surface area contributed by atoms with Gasteiger partial charge in [0.1, 0.15) is 0 Å². The summed E-state index contributed by atoms with van der Waals surface area (Å²) < 4.78 is 32.2. The lowest BCUT2D eigenvalue weighted by Crippen LogP contribution is -2.47. The summed E-state index contributed by atoms with van der Waals surface area (Å²) in [5.74, 6) is -0.889. The molecule has 0 radical (unpaired) electrons. The minimum absolute atomic E-state index is 0.247. The Morgan fingerprint density at radius 3 is 1.32 bits per heavy atom. The molecule has 0 saturated heterocycles. The Kier molecular flexibility index (Phi) is 26.1. The van der Waals surface area contributed by atoms with Crippen LogP contribution in [0.3, 0.4) is 0 Å². The lowest BCUT2D eigenvalue weighted by Gasteiger charge is -2.23. The van der Waals surface area contributed by atoms with Crippen molar-refractivity contribution in [2.24, 2.45) is 0 Å². The largest absolute Gasteiger partial charge is 0.391 e. The van der Waals surface area contributed by atoms with Gasteiger partial charge in [-0.1, -0.05) is 155 Å². The van der Waals surface area contributed by atoms with Crippen molar-refractivity contribution >= 4 is 16.0 Å². The standard InChI is InChI=1S/C31H63NO5S/c1-3-5-7-9-11-13-15-17-18-20-22-24-26-30(33)29(28-38(35,36)37)32-31(34)27-25-23-21-19-16-14-12-10-8-6-4-2/h29-30,33H,3-28H2,1-2H3,(H,32,34)(H,35,36,37). The first-order chi connectivity index (χ1) is 18.3. The van der Waals surface area contributed by atoms with Gasteiger partial charge in [0.25, 0.3) is 10.1 Å². The van der Waals surface area contributed by atoms with Gasteiger partial charge in [-0.15, -0.1) is 0 Å². The molecule has 0 aliphatic carbocycles. The second-order valence-electron chi connectivity index (χ2n) is 11.5. The quantitative estimate of drug-likeness (QED) is 0.0627. The van der Waals surface area contributed by atoms with Gasteiger partial charge in [-0.3, -0.25) is 9.35 Å². The van der Waals surface area contributed by atoms with E-state index in [0.29, 0.717) is 12.8 Å². The molecule has 0 aliphatic rings. The Labute approximate surface area is 236 Å². The van der Waals surface area contributed by atoms with Gasteiger partial charge in [0.2, 0.25) is 5.91 Å². The fraction of sp³-hybridized carbons (Fsp3) is 0.968. The predicted molar refractivity (Wildman–Crippen MR) is 161 cm³/mol. The molecule has 0 heterocycles. The fourth-order valence-electron chi connectivity index (χ4n) is 5.10. The van der Waals surface area contributed by atoms with Gasteiger partial charge in [-0.05, 0) is 12.8 Å². The smallest absolute Gasteiger partial charge is 0.266 e. The third-order valence-corrected chi connectivity index (χ3v) is 8.34. The molecule has 0 aromatic heterocycles. The normalized spacial score (nSPS) is 13.5. The van der Waals surface area contributed by atoms with Crippen molar-refractivity contribution in [2.75, 3.05) is 5.75 Å². The summed E-state index contributed by atoms with van der Waals surface area (Å²) in [7, 11) is -4.29. The summed E-state index contributed by atoms with van der Waals surface area (Å²) in [4.78, 5) is 12.4. The lowest BCUT2D eigenvalue weighted by molar-refractivity contribution is -0.122. The monoisotopic (exact) mass is 561 g/mol. The van der Waals surface area contributed by atoms with Crippen LogP contribution in [0.25, 0.3) is 0 Å². The van der Waals surface area contributed by atoms with Gasteiger partial charge in [0.05, 0.1) is 17.9 Å². The number of rotatable bonds is 29. The van der Waals surface area contributed by atoms with Gasteiger partial charge in [-0.2, -0.15) is 8.42 Å². The summed E-state index contributed by atoms with van der Waals surface area (Å²) in [6.07, 6.45) is 27.6. The number of nitrogens with one attached hydrogen (secondary N) is 1. The predicted octanol–water partition coefficient (Wildman–Crippen LogP) is 8.51. The van der Waals surface area contributed by atoms with Crippen LogP contribution in [0.2, 0.25) is 0 Å². The molecule has 1 amide bonds. The van der Waals surface area contributed by atoms with E-state index in [1.54, 1.807) is 0 Å². The number of aliphatic hydroxyl groups excluding tert-OH is 1. The van der Waals surface area contributed by atoms with Gasteiger partial charge >= 0.3 is 0 Å². The van der Waals surface area contributed by atoms with Crippen LogP contribution in [0.15, 0.2) is 0 Å². The van der Waals surface area contributed by atoms with Gasteiger partial charge in [0, 0.05) is 6.42 Å². The third kappa shape index (κ3) is 26.9. The summed E-state index contributed by atoms with van der Waals surface area (Å²) >= 11 is 0. The molecule has 6 nitrogen and oxygen atoms in total. The summed E-state index contributed by atoms with van der Waals surface area (Å²) in [6, 6.07) is -0.960. The molecule has 2 unspecified atom stereocenters. The van der Waals surface area contributed by atoms with Crippen molar-refractivity contribution in [3.05, 3.63) is 0 Å². The van der Waals surface area contributed by atoms with Crippen molar-refractivity contribution in [3.63, 3.8) is 0 Å². The Balaban J connectivity index is 3.97. The van der Waals surface area contributed by atoms with E-state index >= 15 is 0 Å². The molecule has 0 aromatic carbocycles. The second-order valence-corrected chi connectivity index (χ2v) is 13.0. The number of unbranched alkanes of at least 4 members (excludes halogenated alkanes) is 21. The molecule has 0 bridgehead atoms. The molecule has 0 aromatic rings. The average molecular weight is 562 g/mol. The Morgan fingerprint density at radius 1 is 0.605 bits per heavy atom. The molecular formula is C31H63NO5S. The number of hydrogen-bond acceptors (Lipinski definition) is 4. The van der Waals surface area contributed by atoms with Crippen molar-refractivity contribution in [1.82, 2.24) is 5.32 Å². The number of carbonyl (C=O) groups excluding carboxylic acids is 1. The Morgan fingerprint density at radius 2 is 0.947 bits per heavy atom. The van der Waals surface area contributed by atoms with Crippen LogP contribution in [0.1, 0.15) is 174 Å². The second kappa shape index (κ2) is 26.6. The molecule has 0 spiro atoms. The highest BCUT2D eigenvalue weighted by atomic mass is 32.2. The van der Waals surface area contributed by atoms with Crippen LogP contribution >= 0.6 is 0 Å². The zero-order valence-corrected chi connectivity index (χ0v) is 25.9. The molecular weight excluding hydrogens is 498 g/mol. The number of carbonyl (C=O) groups is 1. The van der Waals surface area contributed by atoms with Crippen LogP contribution in [-0.2, 0) is 14.9 Å². The van der Waals surface area contributed by atoms with Crippen molar-refractivity contribution in [2.45, 2.75) is 187 Å². The van der Waals surface area contributed by atoms with Crippen molar-refractivity contribution in [3.8, 4) is 0 Å². The van der Waals surface area contributed by atoms with Crippen LogP contribution in [0.5, 0.6) is 0 Å². The molecule has 2 atom stereocenters. The molecule has 38 heavy (non-hydrogen) atoms. The number of amides is 1. The zero-order valence-electron chi connectivity index (χ0n) is 25.1. The van der Waals surface area contributed by atoms with E-state index in [1.165, 1.54) is 109 Å². The highest BCUT2D eigenvalue weighted by molar-refractivity contribution is 7.85. The van der Waals surface area contributed by atoms with E-state index in [1.807, 2.05) is 0 Å². The SMILES string of the molecule is CCCCCCCCCCCCCCC(O)C(CS(=O)(=O)O)NC(=O)CCCCCCCCCCCCC. The van der Waals surface area contributed by atoms with E-state index in [4.69, 9.17) is 0 Å². The lowest BCUT2D eigenvalue weighted by atomic mass is 10.0. The van der Waals surface area contributed by atoms with Gasteiger partial charge in [0.15, 0.2) is 0 Å². The Hall–Kier alpha value is -0.660. The van der Waals surface area contributed by atoms with E-state index in [-0.39, 0.29) is 5.91 Å². The van der Waals surface area contributed by atoms with Crippen LogP contribution in [0, 0.1) is 0 Å². The third-order valence-electron chi connectivity index (χ3n) is 7.56. The summed E-state index contributed by atoms with van der Waals surface area (Å²) in [5, 5.41) is 13.2. The molecule has 0 rings (SSSR count). The first-order valence-corrected chi connectivity index (χ1v) is 17.8. The average Bonchev–Trinajstić information content (AvgIpc) is 2.86. The van der Waals surface area contributed by atoms with E-state index in [0.717, 1.165) is 38.5 Å². The summed E-state index contributed by atoms with van der Waals surface area (Å²) in [6.45, 7) is 4.47.